The largest absolute Gasteiger partial charge is 0.325 e. The van der Waals surface area contributed by atoms with Gasteiger partial charge < -0.3 is 5.32 Å². The van der Waals surface area contributed by atoms with Gasteiger partial charge in [-0.15, -0.1) is 0 Å². The van der Waals surface area contributed by atoms with Crippen LogP contribution in [0, 0.1) is 13.8 Å². The Hall–Kier alpha value is -2.14. The van der Waals surface area contributed by atoms with Gasteiger partial charge in [-0.25, -0.2) is 8.42 Å². The van der Waals surface area contributed by atoms with E-state index in [0.29, 0.717) is 5.56 Å². The van der Waals surface area contributed by atoms with Crippen molar-refractivity contribution in [1.82, 2.24) is 0 Å². The molecule has 2 rings (SSSR count). The van der Waals surface area contributed by atoms with Crippen LogP contribution in [0.15, 0.2) is 42.5 Å². The van der Waals surface area contributed by atoms with E-state index in [0.717, 1.165) is 28.8 Å². The third-order valence-electron chi connectivity index (χ3n) is 3.82. The summed E-state index contributed by atoms with van der Waals surface area (Å²) in [6, 6.07) is 13.1. The summed E-state index contributed by atoms with van der Waals surface area (Å²) >= 11 is 0. The molecular weight excluding hydrogens is 322 g/mol. The lowest BCUT2D eigenvalue weighted by Crippen LogP contribution is -2.24. The van der Waals surface area contributed by atoms with Gasteiger partial charge in [0.25, 0.3) is 0 Å². The summed E-state index contributed by atoms with van der Waals surface area (Å²) in [5.41, 5.74) is 4.35. The predicted molar refractivity (Wildman–Crippen MR) is 97.9 cm³/mol. The molecule has 1 amide bonds. The highest BCUT2D eigenvalue weighted by molar-refractivity contribution is 7.91. The van der Waals surface area contributed by atoms with Crippen molar-refractivity contribution in [2.24, 2.45) is 0 Å². The smallest absolute Gasteiger partial charge is 0.239 e. The van der Waals surface area contributed by atoms with Crippen LogP contribution in [0.5, 0.6) is 0 Å². The first-order valence-corrected chi connectivity index (χ1v) is 9.77. The molecule has 0 saturated carbocycles. The van der Waals surface area contributed by atoms with Gasteiger partial charge in [0.05, 0.1) is 5.75 Å². The number of para-hydroxylation sites is 1. The molecule has 0 aromatic heterocycles. The van der Waals surface area contributed by atoms with E-state index in [1.165, 1.54) is 0 Å². The van der Waals surface area contributed by atoms with Crippen molar-refractivity contribution in [2.75, 3.05) is 11.1 Å². The Morgan fingerprint density at radius 1 is 1.08 bits per heavy atom. The Balaban J connectivity index is 2.09. The molecule has 5 heteroatoms. The molecule has 0 spiro atoms. The normalized spacial score (nSPS) is 11.3. The molecule has 0 bridgehead atoms. The summed E-state index contributed by atoms with van der Waals surface area (Å²) in [6.07, 6.45) is 0.771. The zero-order valence-electron chi connectivity index (χ0n) is 14.3. The minimum atomic E-state index is -3.52. The van der Waals surface area contributed by atoms with Gasteiger partial charge in [0, 0.05) is 5.69 Å². The van der Waals surface area contributed by atoms with Crippen LogP contribution in [-0.4, -0.2) is 20.1 Å². The van der Waals surface area contributed by atoms with E-state index >= 15 is 0 Å². The van der Waals surface area contributed by atoms with E-state index in [4.69, 9.17) is 0 Å². The quantitative estimate of drug-likeness (QED) is 0.872. The molecule has 0 aliphatic carbocycles. The first-order chi connectivity index (χ1) is 11.3. The average Bonchev–Trinajstić information content (AvgIpc) is 2.48. The van der Waals surface area contributed by atoms with Crippen LogP contribution in [0.2, 0.25) is 0 Å². The number of carbonyl (C=O) groups excluding carboxylic acids is 1. The maximum atomic E-state index is 12.3. The summed E-state index contributed by atoms with van der Waals surface area (Å²) in [7, 11) is -3.52. The zero-order chi connectivity index (χ0) is 17.7. The molecule has 128 valence electrons. The van der Waals surface area contributed by atoms with Crippen molar-refractivity contribution in [1.29, 1.82) is 0 Å². The molecule has 4 nitrogen and oxygen atoms in total. The Kier molecular flexibility index (Phi) is 5.78. The second-order valence-corrected chi connectivity index (χ2v) is 8.10. The summed E-state index contributed by atoms with van der Waals surface area (Å²) in [5.74, 6) is -1.14. The van der Waals surface area contributed by atoms with Crippen molar-refractivity contribution < 1.29 is 13.2 Å². The molecule has 2 aromatic carbocycles. The number of amides is 1. The topological polar surface area (TPSA) is 63.2 Å². The van der Waals surface area contributed by atoms with Crippen LogP contribution in [-0.2, 0) is 26.8 Å². The number of sulfone groups is 1. The third kappa shape index (κ3) is 4.93. The third-order valence-corrected chi connectivity index (χ3v) is 5.30. The Morgan fingerprint density at radius 2 is 1.79 bits per heavy atom. The first kappa shape index (κ1) is 18.2. The van der Waals surface area contributed by atoms with Crippen LogP contribution in [0.25, 0.3) is 0 Å². The number of anilines is 1. The second kappa shape index (κ2) is 7.62. The van der Waals surface area contributed by atoms with Crippen molar-refractivity contribution in [3.8, 4) is 0 Å². The molecule has 0 aliphatic rings. The maximum Gasteiger partial charge on any atom is 0.239 e. The highest BCUT2D eigenvalue weighted by atomic mass is 32.2. The van der Waals surface area contributed by atoms with Gasteiger partial charge in [0.15, 0.2) is 9.84 Å². The van der Waals surface area contributed by atoms with E-state index in [1.807, 2.05) is 57.2 Å². The maximum absolute atomic E-state index is 12.3. The number of nitrogens with one attached hydrogen (secondary N) is 1. The zero-order valence-corrected chi connectivity index (χ0v) is 15.1. The Bertz CT molecular complexity index is 841. The first-order valence-electron chi connectivity index (χ1n) is 7.95. The van der Waals surface area contributed by atoms with Crippen molar-refractivity contribution in [2.45, 2.75) is 32.9 Å². The van der Waals surface area contributed by atoms with Gasteiger partial charge in [0.2, 0.25) is 5.91 Å². The van der Waals surface area contributed by atoms with Crippen LogP contribution in [0.3, 0.4) is 0 Å². The van der Waals surface area contributed by atoms with Gasteiger partial charge in [-0.3, -0.25) is 4.79 Å². The average molecular weight is 345 g/mol. The molecule has 24 heavy (non-hydrogen) atoms. The van der Waals surface area contributed by atoms with E-state index in [-0.39, 0.29) is 5.75 Å². The van der Waals surface area contributed by atoms with Crippen LogP contribution in [0.4, 0.5) is 5.69 Å². The molecule has 0 saturated heterocycles. The van der Waals surface area contributed by atoms with Gasteiger partial charge in [0.1, 0.15) is 5.75 Å². The fourth-order valence-corrected chi connectivity index (χ4v) is 3.95. The molecule has 0 heterocycles. The van der Waals surface area contributed by atoms with Crippen LogP contribution in [0.1, 0.15) is 29.2 Å². The number of hydrogen-bond donors (Lipinski definition) is 1. The number of carbonyl (C=O) groups is 1. The van der Waals surface area contributed by atoms with Crippen LogP contribution < -0.4 is 5.32 Å². The highest BCUT2D eigenvalue weighted by Crippen LogP contribution is 2.21. The van der Waals surface area contributed by atoms with Gasteiger partial charge >= 0.3 is 0 Å². The molecule has 2 aromatic rings. The molecule has 1 N–H and O–H groups in total. The number of hydrogen-bond acceptors (Lipinski definition) is 3. The minimum absolute atomic E-state index is 0.128. The van der Waals surface area contributed by atoms with Gasteiger partial charge in [-0.1, -0.05) is 55.0 Å². The lowest BCUT2D eigenvalue weighted by Gasteiger charge is -2.13. The van der Waals surface area contributed by atoms with E-state index < -0.39 is 21.5 Å². The predicted octanol–water partition coefficient (Wildman–Crippen LogP) is 3.42. The van der Waals surface area contributed by atoms with E-state index in [9.17, 15) is 13.2 Å². The second-order valence-electron chi connectivity index (χ2n) is 6.03. The van der Waals surface area contributed by atoms with E-state index in [2.05, 4.69) is 5.32 Å². The lowest BCUT2D eigenvalue weighted by molar-refractivity contribution is -0.113. The monoisotopic (exact) mass is 345 g/mol. The Morgan fingerprint density at radius 3 is 2.46 bits per heavy atom. The SMILES string of the molecule is CCc1cccc(C)c1NC(=O)CS(=O)(=O)Cc1cccc(C)c1. The number of benzene rings is 2. The van der Waals surface area contributed by atoms with Crippen molar-refractivity contribution in [3.05, 3.63) is 64.7 Å². The fraction of sp³-hybridized carbons (Fsp3) is 0.316. The highest BCUT2D eigenvalue weighted by Gasteiger charge is 2.19. The lowest BCUT2D eigenvalue weighted by atomic mass is 10.1. The van der Waals surface area contributed by atoms with E-state index in [1.54, 1.807) is 6.07 Å². The molecule has 0 aliphatic heterocycles. The Labute approximate surface area is 143 Å². The molecule has 0 fully saturated rings. The fourth-order valence-electron chi connectivity index (χ4n) is 2.68. The summed E-state index contributed by atoms with van der Waals surface area (Å²) in [5, 5.41) is 2.76. The molecule has 0 unspecified atom stereocenters. The van der Waals surface area contributed by atoms with Gasteiger partial charge in [-0.05, 0) is 37.0 Å². The van der Waals surface area contributed by atoms with Crippen LogP contribution >= 0.6 is 0 Å². The summed E-state index contributed by atoms with van der Waals surface area (Å²) < 4.78 is 24.6. The standard InChI is InChI=1S/C19H23NO3S/c1-4-17-10-6-8-15(3)19(17)20-18(21)13-24(22,23)12-16-9-5-7-14(2)11-16/h5-11H,4,12-13H2,1-3H3,(H,20,21). The summed E-state index contributed by atoms with van der Waals surface area (Å²) in [6.45, 7) is 5.81. The minimum Gasteiger partial charge on any atom is -0.325 e. The summed E-state index contributed by atoms with van der Waals surface area (Å²) in [4.78, 5) is 12.2. The van der Waals surface area contributed by atoms with Crippen molar-refractivity contribution in [3.63, 3.8) is 0 Å². The number of aryl methyl sites for hydroxylation is 3. The molecule has 0 radical (unpaired) electrons. The molecule has 0 atom stereocenters. The molecular formula is C19H23NO3S. The van der Waals surface area contributed by atoms with Gasteiger partial charge in [-0.2, -0.15) is 0 Å². The van der Waals surface area contributed by atoms with Crippen molar-refractivity contribution >= 4 is 21.4 Å². The number of rotatable bonds is 6.